The highest BCUT2D eigenvalue weighted by Crippen LogP contribution is 2.25. The lowest BCUT2D eigenvalue weighted by molar-refractivity contribution is -0.113. The lowest BCUT2D eigenvalue weighted by Crippen LogP contribution is -2.22. The number of carbonyl (C=O) groups excluding carboxylic acids is 1. The second-order valence-corrected chi connectivity index (χ2v) is 9.76. The Morgan fingerprint density at radius 1 is 1.12 bits per heavy atom. The normalized spacial score (nSPS) is 11.3. The Hall–Kier alpha value is -1.78. The van der Waals surface area contributed by atoms with Gasteiger partial charge in [0.25, 0.3) is 0 Å². The van der Waals surface area contributed by atoms with Gasteiger partial charge >= 0.3 is 0 Å². The van der Waals surface area contributed by atoms with Crippen LogP contribution in [0.3, 0.4) is 0 Å². The number of nitrogens with one attached hydrogen (secondary N) is 1. The number of hydrogen-bond acceptors (Lipinski definition) is 5. The van der Waals surface area contributed by atoms with Gasteiger partial charge in [-0.1, -0.05) is 29.8 Å². The van der Waals surface area contributed by atoms with Crippen LogP contribution in [0, 0.1) is 10.5 Å². The van der Waals surface area contributed by atoms with Crippen molar-refractivity contribution in [2.24, 2.45) is 0 Å². The van der Waals surface area contributed by atoms with Gasteiger partial charge in [0.1, 0.15) is 5.75 Å². The zero-order chi connectivity index (χ0) is 18.7. The monoisotopic (exact) mass is 498 g/mol. The molecule has 2 aromatic carbocycles. The van der Waals surface area contributed by atoms with Crippen molar-refractivity contribution < 1.29 is 13.2 Å². The van der Waals surface area contributed by atoms with Crippen LogP contribution >= 0.6 is 33.9 Å². The Morgan fingerprint density at radius 3 is 2.42 bits per heavy atom. The molecule has 134 valence electrons. The van der Waals surface area contributed by atoms with Crippen molar-refractivity contribution in [1.82, 2.24) is 4.98 Å². The molecule has 1 amide bonds. The molecular formula is C18H15IN2O3S2. The summed E-state index contributed by atoms with van der Waals surface area (Å²) in [6.07, 6.45) is 0. The van der Waals surface area contributed by atoms with Crippen LogP contribution < -0.4 is 5.32 Å². The Morgan fingerprint density at radius 2 is 1.77 bits per heavy atom. The van der Waals surface area contributed by atoms with Crippen LogP contribution in [0.15, 0.2) is 58.8 Å². The van der Waals surface area contributed by atoms with E-state index in [4.69, 9.17) is 0 Å². The van der Waals surface area contributed by atoms with E-state index in [-0.39, 0.29) is 4.90 Å². The summed E-state index contributed by atoms with van der Waals surface area (Å²) in [5.41, 5.74) is 2.64. The number of halogens is 1. The fraction of sp³-hybridized carbons (Fsp3) is 0.111. The molecule has 0 aliphatic carbocycles. The average Bonchev–Trinajstić information content (AvgIpc) is 3.03. The highest BCUT2D eigenvalue weighted by atomic mass is 127. The van der Waals surface area contributed by atoms with Crippen molar-refractivity contribution in [2.45, 2.75) is 11.8 Å². The largest absolute Gasteiger partial charge is 0.301 e. The van der Waals surface area contributed by atoms with Crippen molar-refractivity contribution >= 4 is 54.8 Å². The molecule has 0 aliphatic rings. The quantitative estimate of drug-likeness (QED) is 0.537. The molecule has 8 heteroatoms. The molecule has 0 fully saturated rings. The molecule has 0 saturated heterocycles. The molecule has 1 heterocycles. The SMILES string of the molecule is Cc1ccc(S(=O)(=O)CC(=O)Nc2nc(-c3ccc(I)cc3)cs2)cc1. The summed E-state index contributed by atoms with van der Waals surface area (Å²) in [5, 5.41) is 4.77. The second-order valence-electron chi connectivity index (χ2n) is 5.67. The summed E-state index contributed by atoms with van der Waals surface area (Å²) in [4.78, 5) is 16.6. The maximum atomic E-state index is 12.3. The van der Waals surface area contributed by atoms with E-state index in [0.29, 0.717) is 5.13 Å². The molecule has 0 unspecified atom stereocenters. The van der Waals surface area contributed by atoms with Crippen molar-refractivity contribution in [3.8, 4) is 11.3 Å². The van der Waals surface area contributed by atoms with Crippen LogP contribution in [0.5, 0.6) is 0 Å². The van der Waals surface area contributed by atoms with Crippen molar-refractivity contribution in [3.63, 3.8) is 0 Å². The molecule has 26 heavy (non-hydrogen) atoms. The Balaban J connectivity index is 1.68. The molecule has 0 aliphatic heterocycles. The average molecular weight is 498 g/mol. The standard InChI is InChI=1S/C18H15IN2O3S2/c1-12-2-8-15(9-3-12)26(23,24)11-17(22)21-18-20-16(10-25-18)13-4-6-14(19)7-5-13/h2-10H,11H2,1H3,(H,20,21,22). The van der Waals surface area contributed by atoms with E-state index in [1.807, 2.05) is 36.6 Å². The number of thiazole rings is 1. The number of hydrogen-bond donors (Lipinski definition) is 1. The number of rotatable bonds is 5. The number of benzene rings is 2. The topological polar surface area (TPSA) is 76.1 Å². The summed E-state index contributed by atoms with van der Waals surface area (Å²) >= 11 is 3.49. The Labute approximate surface area is 169 Å². The van der Waals surface area contributed by atoms with Gasteiger partial charge in [-0.15, -0.1) is 11.3 Å². The van der Waals surface area contributed by atoms with Crippen LogP contribution in [-0.4, -0.2) is 25.1 Å². The summed E-state index contributed by atoms with van der Waals surface area (Å²) < 4.78 is 25.8. The maximum absolute atomic E-state index is 12.3. The van der Waals surface area contributed by atoms with Crippen LogP contribution in [0.2, 0.25) is 0 Å². The number of aromatic nitrogens is 1. The third-order valence-electron chi connectivity index (χ3n) is 3.59. The molecule has 1 aromatic heterocycles. The number of carbonyl (C=O) groups is 1. The van der Waals surface area contributed by atoms with Crippen LogP contribution in [-0.2, 0) is 14.6 Å². The summed E-state index contributed by atoms with van der Waals surface area (Å²) in [6.45, 7) is 1.87. The molecule has 0 atom stereocenters. The van der Waals surface area contributed by atoms with E-state index in [2.05, 4.69) is 32.9 Å². The number of aryl methyl sites for hydroxylation is 1. The van der Waals surface area contributed by atoms with Gasteiger partial charge in [0.15, 0.2) is 15.0 Å². The molecule has 5 nitrogen and oxygen atoms in total. The molecule has 3 aromatic rings. The van der Waals surface area contributed by atoms with Gasteiger partial charge in [-0.05, 0) is 53.8 Å². The fourth-order valence-corrected chi connectivity index (χ4v) is 4.47. The molecule has 0 bridgehead atoms. The summed E-state index contributed by atoms with van der Waals surface area (Å²) in [6, 6.07) is 14.3. The van der Waals surface area contributed by atoms with Gasteiger partial charge in [-0.25, -0.2) is 13.4 Å². The highest BCUT2D eigenvalue weighted by molar-refractivity contribution is 14.1. The molecule has 0 spiro atoms. The minimum absolute atomic E-state index is 0.136. The third-order valence-corrected chi connectivity index (χ3v) is 6.70. The number of sulfone groups is 1. The van der Waals surface area contributed by atoms with E-state index in [0.717, 1.165) is 20.4 Å². The van der Waals surface area contributed by atoms with Crippen LogP contribution in [0.25, 0.3) is 11.3 Å². The predicted molar refractivity (Wildman–Crippen MR) is 112 cm³/mol. The van der Waals surface area contributed by atoms with E-state index < -0.39 is 21.5 Å². The zero-order valence-electron chi connectivity index (χ0n) is 13.8. The smallest absolute Gasteiger partial charge is 0.241 e. The second kappa shape index (κ2) is 7.85. The lowest BCUT2D eigenvalue weighted by atomic mass is 10.2. The van der Waals surface area contributed by atoms with Gasteiger partial charge in [0, 0.05) is 14.5 Å². The van der Waals surface area contributed by atoms with Crippen LogP contribution in [0.4, 0.5) is 5.13 Å². The first-order chi connectivity index (χ1) is 12.3. The minimum atomic E-state index is -3.68. The first kappa shape index (κ1) is 19.0. The van der Waals surface area contributed by atoms with Gasteiger partial charge in [-0.3, -0.25) is 4.79 Å². The summed E-state index contributed by atoms with van der Waals surface area (Å²) in [7, 11) is -3.68. The Bertz CT molecular complexity index is 1030. The lowest BCUT2D eigenvalue weighted by Gasteiger charge is -2.05. The van der Waals surface area contributed by atoms with E-state index in [1.165, 1.54) is 23.5 Å². The first-order valence-corrected chi connectivity index (χ1v) is 11.3. The highest BCUT2D eigenvalue weighted by Gasteiger charge is 2.20. The Kier molecular flexibility index (Phi) is 5.73. The minimum Gasteiger partial charge on any atom is -0.301 e. The number of anilines is 1. The fourth-order valence-electron chi connectivity index (χ4n) is 2.24. The van der Waals surface area contributed by atoms with Crippen molar-refractivity contribution in [3.05, 3.63) is 63.0 Å². The van der Waals surface area contributed by atoms with Gasteiger partial charge in [-0.2, -0.15) is 0 Å². The van der Waals surface area contributed by atoms with Gasteiger partial charge < -0.3 is 5.32 Å². The zero-order valence-corrected chi connectivity index (χ0v) is 17.6. The van der Waals surface area contributed by atoms with Crippen molar-refractivity contribution in [1.29, 1.82) is 0 Å². The predicted octanol–water partition coefficient (Wildman–Crippen LogP) is 4.14. The number of amides is 1. The number of nitrogens with zero attached hydrogens (tertiary/aromatic N) is 1. The molecule has 1 N–H and O–H groups in total. The van der Waals surface area contributed by atoms with E-state index >= 15 is 0 Å². The molecule has 0 radical (unpaired) electrons. The molecule has 3 rings (SSSR count). The molecular weight excluding hydrogens is 483 g/mol. The van der Waals surface area contributed by atoms with Gasteiger partial charge in [0.2, 0.25) is 5.91 Å². The van der Waals surface area contributed by atoms with E-state index in [9.17, 15) is 13.2 Å². The summed E-state index contributed by atoms with van der Waals surface area (Å²) in [5.74, 6) is -1.22. The van der Waals surface area contributed by atoms with E-state index in [1.54, 1.807) is 12.1 Å². The van der Waals surface area contributed by atoms with Gasteiger partial charge in [0.05, 0.1) is 10.6 Å². The molecule has 0 saturated carbocycles. The maximum Gasteiger partial charge on any atom is 0.241 e. The van der Waals surface area contributed by atoms with Crippen LogP contribution in [0.1, 0.15) is 5.56 Å². The third kappa shape index (κ3) is 4.68. The van der Waals surface area contributed by atoms with Crippen molar-refractivity contribution in [2.75, 3.05) is 11.1 Å². The first-order valence-electron chi connectivity index (χ1n) is 7.64.